The first-order chi connectivity index (χ1) is 6.91. The van der Waals surface area contributed by atoms with E-state index >= 15 is 0 Å². The van der Waals surface area contributed by atoms with Crippen LogP contribution in [0, 0.1) is 0 Å². The lowest BCUT2D eigenvalue weighted by atomic mass is 10.2. The largest absolute Gasteiger partial charge is 0.396 e. The summed E-state index contributed by atoms with van der Waals surface area (Å²) in [6.07, 6.45) is 4.49. The predicted molar refractivity (Wildman–Crippen MR) is 61.6 cm³/mol. The van der Waals surface area contributed by atoms with E-state index in [1.807, 2.05) is 13.8 Å². The zero-order chi connectivity index (χ0) is 11.1. The number of methoxy groups -OCH3 is 1. The fourth-order valence-corrected chi connectivity index (χ4v) is 1.01. The zero-order valence-electron chi connectivity index (χ0n) is 10.0. The van der Waals surface area contributed by atoms with E-state index in [1.54, 1.807) is 7.11 Å². The van der Waals surface area contributed by atoms with Gasteiger partial charge in [-0.1, -0.05) is 26.7 Å². The van der Waals surface area contributed by atoms with Gasteiger partial charge in [0.2, 0.25) is 0 Å². The van der Waals surface area contributed by atoms with E-state index in [2.05, 4.69) is 5.32 Å². The Morgan fingerprint density at radius 1 is 1.00 bits per heavy atom. The topological polar surface area (TPSA) is 41.5 Å². The van der Waals surface area contributed by atoms with Crippen LogP contribution in [0.15, 0.2) is 0 Å². The first-order valence-electron chi connectivity index (χ1n) is 5.72. The lowest BCUT2D eigenvalue weighted by Gasteiger charge is -2.02. The Kier molecular flexibility index (Phi) is 21.7. The van der Waals surface area contributed by atoms with Crippen LogP contribution in [0.1, 0.15) is 39.5 Å². The molecule has 0 fully saturated rings. The molecule has 0 atom stereocenters. The molecule has 0 unspecified atom stereocenters. The Labute approximate surface area is 88.9 Å². The van der Waals surface area contributed by atoms with Gasteiger partial charge in [0.05, 0.1) is 6.61 Å². The van der Waals surface area contributed by atoms with E-state index in [-0.39, 0.29) is 0 Å². The summed E-state index contributed by atoms with van der Waals surface area (Å²) in [7, 11) is 1.71. The van der Waals surface area contributed by atoms with E-state index in [0.29, 0.717) is 6.61 Å². The monoisotopic (exact) mass is 205 g/mol. The third-order valence-corrected chi connectivity index (χ3v) is 1.74. The third-order valence-electron chi connectivity index (χ3n) is 1.74. The highest BCUT2D eigenvalue weighted by Crippen LogP contribution is 1.97. The molecule has 0 saturated heterocycles. The van der Waals surface area contributed by atoms with Crippen molar-refractivity contribution in [3.8, 4) is 0 Å². The Morgan fingerprint density at radius 2 is 1.64 bits per heavy atom. The van der Waals surface area contributed by atoms with Crippen molar-refractivity contribution < 1.29 is 9.84 Å². The Bertz CT molecular complexity index is 69.7. The van der Waals surface area contributed by atoms with Gasteiger partial charge in [-0.05, 0) is 19.4 Å². The average Bonchev–Trinajstić information content (AvgIpc) is 2.25. The molecule has 0 heterocycles. The number of hydrogen-bond donors (Lipinski definition) is 2. The van der Waals surface area contributed by atoms with Crippen LogP contribution in [0.3, 0.4) is 0 Å². The molecular formula is C11H27NO2. The second-order valence-electron chi connectivity index (χ2n) is 2.88. The molecule has 0 aliphatic heterocycles. The maximum atomic E-state index is 8.51. The number of aliphatic hydroxyl groups excluding tert-OH is 1. The van der Waals surface area contributed by atoms with Gasteiger partial charge in [-0.2, -0.15) is 0 Å². The van der Waals surface area contributed by atoms with Gasteiger partial charge in [-0.3, -0.25) is 0 Å². The molecule has 0 aliphatic carbocycles. The number of rotatable bonds is 9. The minimum Gasteiger partial charge on any atom is -0.396 e. The van der Waals surface area contributed by atoms with Crippen molar-refractivity contribution in [2.75, 3.05) is 33.4 Å². The van der Waals surface area contributed by atoms with Crippen LogP contribution in [0.25, 0.3) is 0 Å². The molecule has 3 heteroatoms. The highest BCUT2D eigenvalue weighted by atomic mass is 16.5. The second kappa shape index (κ2) is 18.6. The van der Waals surface area contributed by atoms with Crippen LogP contribution in [0.4, 0.5) is 0 Å². The van der Waals surface area contributed by atoms with Crippen molar-refractivity contribution in [3.63, 3.8) is 0 Å². The Morgan fingerprint density at radius 3 is 2.21 bits per heavy atom. The quantitative estimate of drug-likeness (QED) is 0.564. The van der Waals surface area contributed by atoms with E-state index < -0.39 is 0 Å². The number of hydrogen-bond acceptors (Lipinski definition) is 3. The summed E-state index contributed by atoms with van der Waals surface area (Å²) in [6, 6.07) is 0. The molecule has 0 spiro atoms. The predicted octanol–water partition coefficient (Wildman–Crippen LogP) is 1.80. The highest BCUT2D eigenvalue weighted by Gasteiger charge is 1.88. The molecule has 0 aromatic heterocycles. The second-order valence-corrected chi connectivity index (χ2v) is 2.88. The van der Waals surface area contributed by atoms with Gasteiger partial charge < -0.3 is 15.2 Å². The van der Waals surface area contributed by atoms with Crippen LogP contribution in [-0.4, -0.2) is 38.5 Å². The van der Waals surface area contributed by atoms with Crippen LogP contribution in [0.5, 0.6) is 0 Å². The van der Waals surface area contributed by atoms with E-state index in [0.717, 1.165) is 32.5 Å². The summed E-state index contributed by atoms with van der Waals surface area (Å²) in [5.41, 5.74) is 0. The highest BCUT2D eigenvalue weighted by molar-refractivity contribution is 4.48. The maximum Gasteiger partial charge on any atom is 0.0587 e. The smallest absolute Gasteiger partial charge is 0.0587 e. The van der Waals surface area contributed by atoms with Crippen molar-refractivity contribution >= 4 is 0 Å². The van der Waals surface area contributed by atoms with Gasteiger partial charge in [0, 0.05) is 20.3 Å². The minimum absolute atomic E-state index is 0.330. The SMILES string of the molecule is CC.COCCNCCCCCCO. The van der Waals surface area contributed by atoms with Gasteiger partial charge >= 0.3 is 0 Å². The Hall–Kier alpha value is -0.120. The van der Waals surface area contributed by atoms with E-state index in [1.165, 1.54) is 12.8 Å². The number of nitrogens with one attached hydrogen (secondary N) is 1. The molecule has 0 saturated carbocycles. The molecule has 0 aromatic carbocycles. The first kappa shape index (κ1) is 16.3. The molecule has 0 aromatic rings. The number of ether oxygens (including phenoxy) is 1. The lowest BCUT2D eigenvalue weighted by molar-refractivity contribution is 0.199. The summed E-state index contributed by atoms with van der Waals surface area (Å²) in [5.74, 6) is 0. The van der Waals surface area contributed by atoms with E-state index in [9.17, 15) is 0 Å². The number of unbranched alkanes of at least 4 members (excludes halogenated alkanes) is 3. The van der Waals surface area contributed by atoms with Crippen LogP contribution in [0.2, 0.25) is 0 Å². The normalized spacial score (nSPS) is 9.43. The summed E-state index contributed by atoms with van der Waals surface area (Å²) < 4.78 is 4.89. The molecular weight excluding hydrogens is 178 g/mol. The van der Waals surface area contributed by atoms with Crippen molar-refractivity contribution in [2.45, 2.75) is 39.5 Å². The molecule has 2 N–H and O–H groups in total. The molecule has 88 valence electrons. The zero-order valence-corrected chi connectivity index (χ0v) is 10.0. The standard InChI is InChI=1S/C9H21NO2.C2H6/c1-12-9-7-10-6-4-2-3-5-8-11;1-2/h10-11H,2-9H2,1H3;1-2H3. The first-order valence-corrected chi connectivity index (χ1v) is 5.72. The van der Waals surface area contributed by atoms with Crippen LogP contribution < -0.4 is 5.32 Å². The maximum absolute atomic E-state index is 8.51. The summed E-state index contributed by atoms with van der Waals surface area (Å²) >= 11 is 0. The minimum atomic E-state index is 0.330. The van der Waals surface area contributed by atoms with Crippen molar-refractivity contribution in [2.24, 2.45) is 0 Å². The third kappa shape index (κ3) is 17.8. The molecule has 0 aliphatic rings. The molecule has 0 radical (unpaired) electrons. The van der Waals surface area contributed by atoms with Crippen LogP contribution >= 0.6 is 0 Å². The van der Waals surface area contributed by atoms with Crippen molar-refractivity contribution in [1.29, 1.82) is 0 Å². The van der Waals surface area contributed by atoms with Gasteiger partial charge in [0.15, 0.2) is 0 Å². The fourth-order valence-electron chi connectivity index (χ4n) is 1.01. The number of aliphatic hydroxyl groups is 1. The summed E-state index contributed by atoms with van der Waals surface area (Å²) in [5, 5.41) is 11.8. The van der Waals surface area contributed by atoms with Crippen molar-refractivity contribution in [1.82, 2.24) is 5.32 Å². The molecule has 0 rings (SSSR count). The van der Waals surface area contributed by atoms with Gasteiger partial charge in [-0.15, -0.1) is 0 Å². The van der Waals surface area contributed by atoms with Crippen molar-refractivity contribution in [3.05, 3.63) is 0 Å². The average molecular weight is 205 g/mol. The van der Waals surface area contributed by atoms with Gasteiger partial charge in [-0.25, -0.2) is 0 Å². The summed E-state index contributed by atoms with van der Waals surface area (Å²) in [4.78, 5) is 0. The molecule has 0 bridgehead atoms. The molecule has 0 amide bonds. The van der Waals surface area contributed by atoms with Crippen LogP contribution in [-0.2, 0) is 4.74 Å². The molecule has 14 heavy (non-hydrogen) atoms. The van der Waals surface area contributed by atoms with E-state index in [4.69, 9.17) is 9.84 Å². The lowest BCUT2D eigenvalue weighted by Crippen LogP contribution is -2.20. The Balaban J connectivity index is 0. The van der Waals surface area contributed by atoms with Gasteiger partial charge in [0.1, 0.15) is 0 Å². The fraction of sp³-hybridized carbons (Fsp3) is 1.00. The summed E-state index contributed by atoms with van der Waals surface area (Å²) in [6.45, 7) is 7.12. The molecule has 3 nitrogen and oxygen atoms in total. The van der Waals surface area contributed by atoms with Gasteiger partial charge in [0.25, 0.3) is 0 Å².